The van der Waals surface area contributed by atoms with Gasteiger partial charge in [-0.2, -0.15) is 5.10 Å². The molecule has 31 heavy (non-hydrogen) atoms. The number of anilines is 2. The highest BCUT2D eigenvalue weighted by Crippen LogP contribution is 2.29. The highest BCUT2D eigenvalue weighted by molar-refractivity contribution is 5.99. The molecular weight excluding hydrogens is 392 g/mol. The molecule has 3 aromatic rings. The van der Waals surface area contributed by atoms with E-state index in [9.17, 15) is 9.59 Å². The Balaban J connectivity index is 1.43. The summed E-state index contributed by atoms with van der Waals surface area (Å²) in [4.78, 5) is 29.5. The van der Waals surface area contributed by atoms with Gasteiger partial charge in [-0.1, -0.05) is 6.07 Å². The smallest absolute Gasteiger partial charge is 0.253 e. The minimum atomic E-state index is -0.0872. The molecule has 8 nitrogen and oxygen atoms in total. The monoisotopic (exact) mass is 418 g/mol. The second-order valence-electron chi connectivity index (χ2n) is 8.63. The average Bonchev–Trinajstić information content (AvgIpc) is 3.68. The van der Waals surface area contributed by atoms with Gasteiger partial charge in [-0.15, -0.1) is 0 Å². The molecule has 0 radical (unpaired) electrons. The Hall–Kier alpha value is -3.42. The predicted molar refractivity (Wildman–Crippen MR) is 118 cm³/mol. The van der Waals surface area contributed by atoms with Crippen LogP contribution in [0.25, 0.3) is 5.52 Å². The van der Waals surface area contributed by atoms with Gasteiger partial charge >= 0.3 is 0 Å². The number of hydrogen-bond acceptors (Lipinski definition) is 5. The Labute approximate surface area is 180 Å². The van der Waals surface area contributed by atoms with E-state index in [0.29, 0.717) is 28.9 Å². The number of nitrogens with zero attached hydrogens (tertiary/aromatic N) is 3. The molecule has 2 aliphatic rings. The first-order valence-electron chi connectivity index (χ1n) is 10.8. The second kappa shape index (κ2) is 7.68. The van der Waals surface area contributed by atoms with Crippen molar-refractivity contribution in [2.45, 2.75) is 45.6 Å². The van der Waals surface area contributed by atoms with E-state index in [1.54, 1.807) is 10.7 Å². The Bertz CT molecular complexity index is 1180. The van der Waals surface area contributed by atoms with E-state index in [1.165, 1.54) is 19.2 Å². The number of benzene rings is 1. The molecule has 2 aliphatic carbocycles. The van der Waals surface area contributed by atoms with Gasteiger partial charge in [0, 0.05) is 30.0 Å². The highest BCUT2D eigenvalue weighted by atomic mass is 16.2. The molecular formula is C23H26N6O2. The summed E-state index contributed by atoms with van der Waals surface area (Å²) >= 11 is 0. The Kier molecular flexibility index (Phi) is 4.84. The lowest BCUT2D eigenvalue weighted by atomic mass is 10.1. The number of rotatable bonds is 7. The molecule has 2 fully saturated rings. The molecule has 0 atom stereocenters. The van der Waals surface area contributed by atoms with Gasteiger partial charge in [0.2, 0.25) is 0 Å². The van der Waals surface area contributed by atoms with Crippen LogP contribution < -0.4 is 16.0 Å². The van der Waals surface area contributed by atoms with Crippen molar-refractivity contribution in [1.82, 2.24) is 25.2 Å². The molecule has 0 unspecified atom stereocenters. The fraction of sp³-hybridized carbons (Fsp3) is 0.391. The van der Waals surface area contributed by atoms with Crippen molar-refractivity contribution >= 4 is 28.8 Å². The summed E-state index contributed by atoms with van der Waals surface area (Å²) in [7, 11) is 0. The van der Waals surface area contributed by atoms with E-state index in [1.807, 2.05) is 32.0 Å². The third-order valence-corrected chi connectivity index (χ3v) is 5.99. The van der Waals surface area contributed by atoms with Crippen LogP contribution in [0.15, 0.2) is 30.7 Å². The summed E-state index contributed by atoms with van der Waals surface area (Å²) in [6, 6.07) is 5.90. The standard InChI is InChI=1S/C23H26N6O2/c1-13-3-6-16(22(30)27-17-7-8-17)9-19(13)28-21-20-14(2)18(11-29(20)26-12-25-21)23(31)24-10-15-4-5-15/h3,6,9,11-12,15,17H,4-5,7-8,10H2,1-2H3,(H,24,31)(H,27,30)(H,25,26,28). The van der Waals surface area contributed by atoms with Gasteiger partial charge in [-0.05, 0) is 68.7 Å². The quantitative estimate of drug-likeness (QED) is 0.547. The number of carbonyl (C=O) groups excluding carboxylic acids is 2. The lowest BCUT2D eigenvalue weighted by molar-refractivity contribution is 0.0943. The number of carbonyl (C=O) groups is 2. The summed E-state index contributed by atoms with van der Waals surface area (Å²) in [5.41, 5.74) is 4.55. The summed E-state index contributed by atoms with van der Waals surface area (Å²) in [5, 5.41) is 13.7. The number of nitrogens with one attached hydrogen (secondary N) is 3. The van der Waals surface area contributed by atoms with Gasteiger partial charge in [0.25, 0.3) is 11.8 Å². The fourth-order valence-electron chi connectivity index (χ4n) is 3.66. The maximum absolute atomic E-state index is 12.7. The largest absolute Gasteiger partial charge is 0.352 e. The van der Waals surface area contributed by atoms with E-state index >= 15 is 0 Å². The molecule has 8 heteroatoms. The van der Waals surface area contributed by atoms with Gasteiger partial charge in [0.05, 0.1) is 5.56 Å². The lowest BCUT2D eigenvalue weighted by Crippen LogP contribution is -2.25. The Morgan fingerprint density at radius 2 is 1.94 bits per heavy atom. The van der Waals surface area contributed by atoms with Crippen molar-refractivity contribution in [3.05, 3.63) is 53.0 Å². The van der Waals surface area contributed by atoms with Crippen molar-refractivity contribution < 1.29 is 9.59 Å². The van der Waals surface area contributed by atoms with Gasteiger partial charge < -0.3 is 16.0 Å². The van der Waals surface area contributed by atoms with Crippen LogP contribution in [0.5, 0.6) is 0 Å². The van der Waals surface area contributed by atoms with Gasteiger partial charge in [0.1, 0.15) is 11.8 Å². The Morgan fingerprint density at radius 1 is 1.13 bits per heavy atom. The zero-order chi connectivity index (χ0) is 21.5. The van der Waals surface area contributed by atoms with E-state index < -0.39 is 0 Å². The molecule has 2 amide bonds. The van der Waals surface area contributed by atoms with E-state index in [-0.39, 0.29) is 11.8 Å². The third kappa shape index (κ3) is 4.10. The minimum absolute atomic E-state index is 0.0631. The van der Waals surface area contributed by atoms with E-state index in [2.05, 4.69) is 26.0 Å². The van der Waals surface area contributed by atoms with E-state index in [4.69, 9.17) is 0 Å². The second-order valence-corrected chi connectivity index (χ2v) is 8.63. The van der Waals surface area contributed by atoms with Crippen LogP contribution in [0.3, 0.4) is 0 Å². The Morgan fingerprint density at radius 3 is 2.68 bits per heavy atom. The maximum Gasteiger partial charge on any atom is 0.253 e. The summed E-state index contributed by atoms with van der Waals surface area (Å²) < 4.78 is 1.68. The van der Waals surface area contributed by atoms with Gasteiger partial charge in [0.15, 0.2) is 5.82 Å². The molecule has 160 valence electrons. The first-order chi connectivity index (χ1) is 15.0. The van der Waals surface area contributed by atoms with Crippen molar-refractivity contribution in [2.24, 2.45) is 5.92 Å². The predicted octanol–water partition coefficient (Wildman–Crippen LogP) is 3.12. The number of amides is 2. The third-order valence-electron chi connectivity index (χ3n) is 5.99. The summed E-state index contributed by atoms with van der Waals surface area (Å²) in [6.07, 6.45) is 7.67. The average molecular weight is 419 g/mol. The molecule has 2 heterocycles. The van der Waals surface area contributed by atoms with E-state index in [0.717, 1.165) is 41.7 Å². The number of aryl methyl sites for hydroxylation is 2. The van der Waals surface area contributed by atoms with Gasteiger partial charge in [-0.3, -0.25) is 9.59 Å². The van der Waals surface area contributed by atoms with Crippen molar-refractivity contribution in [3.63, 3.8) is 0 Å². The molecule has 2 aromatic heterocycles. The summed E-state index contributed by atoms with van der Waals surface area (Å²) in [5.74, 6) is 1.06. The van der Waals surface area contributed by atoms with Crippen molar-refractivity contribution in [1.29, 1.82) is 0 Å². The molecule has 0 saturated heterocycles. The van der Waals surface area contributed by atoms with Crippen molar-refractivity contribution in [3.8, 4) is 0 Å². The van der Waals surface area contributed by atoms with Crippen LogP contribution in [-0.2, 0) is 0 Å². The summed E-state index contributed by atoms with van der Waals surface area (Å²) in [6.45, 7) is 4.60. The first kappa shape index (κ1) is 19.5. The van der Waals surface area contributed by atoms with Crippen LogP contribution in [0.4, 0.5) is 11.5 Å². The van der Waals surface area contributed by atoms with Crippen LogP contribution in [0, 0.1) is 19.8 Å². The zero-order valence-electron chi connectivity index (χ0n) is 17.7. The fourth-order valence-corrected chi connectivity index (χ4v) is 3.66. The normalized spacial score (nSPS) is 15.7. The number of hydrogen-bond donors (Lipinski definition) is 3. The number of aromatic nitrogens is 3. The van der Waals surface area contributed by atoms with Crippen LogP contribution in [0.2, 0.25) is 0 Å². The highest BCUT2D eigenvalue weighted by Gasteiger charge is 2.25. The van der Waals surface area contributed by atoms with Crippen LogP contribution in [-0.4, -0.2) is 39.0 Å². The zero-order valence-corrected chi connectivity index (χ0v) is 17.7. The molecule has 3 N–H and O–H groups in total. The minimum Gasteiger partial charge on any atom is -0.352 e. The first-order valence-corrected chi connectivity index (χ1v) is 10.8. The molecule has 0 bridgehead atoms. The molecule has 2 saturated carbocycles. The van der Waals surface area contributed by atoms with Gasteiger partial charge in [-0.25, -0.2) is 9.50 Å². The molecule has 0 spiro atoms. The topological polar surface area (TPSA) is 100 Å². The molecule has 0 aliphatic heterocycles. The maximum atomic E-state index is 12.7. The van der Waals surface area contributed by atoms with Crippen molar-refractivity contribution in [2.75, 3.05) is 11.9 Å². The lowest BCUT2D eigenvalue weighted by Gasteiger charge is -2.12. The molecule has 1 aromatic carbocycles. The molecule has 5 rings (SSSR count). The van der Waals surface area contributed by atoms with Crippen LogP contribution in [0.1, 0.15) is 57.5 Å². The van der Waals surface area contributed by atoms with Crippen LogP contribution >= 0.6 is 0 Å². The number of fused-ring (bicyclic) bond motifs is 1. The SMILES string of the molecule is Cc1ccc(C(=O)NC2CC2)cc1Nc1ncnn2cc(C(=O)NCC3CC3)c(C)c12.